The van der Waals surface area contributed by atoms with Crippen LogP contribution in [-0.2, 0) is 23.2 Å². The summed E-state index contributed by atoms with van der Waals surface area (Å²) in [6.45, 7) is 13.1. The summed E-state index contributed by atoms with van der Waals surface area (Å²) in [7, 11) is -4.44. The summed E-state index contributed by atoms with van der Waals surface area (Å²) in [6, 6.07) is 74.7. The second-order valence-corrected chi connectivity index (χ2v) is 28.6. The van der Waals surface area contributed by atoms with Gasteiger partial charge in [-0.1, -0.05) is 164 Å². The van der Waals surface area contributed by atoms with Gasteiger partial charge in [0.1, 0.15) is 57.9 Å². The first kappa shape index (κ1) is 50.5. The summed E-state index contributed by atoms with van der Waals surface area (Å²) < 4.78 is 0. The van der Waals surface area contributed by atoms with E-state index in [1.54, 1.807) is 0 Å². The minimum atomic E-state index is -2.22. The van der Waals surface area contributed by atoms with Crippen molar-refractivity contribution in [3.8, 4) is 11.5 Å². The predicted octanol–water partition coefficient (Wildman–Crippen LogP) is 13.5. The van der Waals surface area contributed by atoms with Gasteiger partial charge in [0.05, 0.1) is 24.4 Å². The molecule has 8 aromatic rings. The molecule has 1 saturated carbocycles. The van der Waals surface area contributed by atoms with Crippen LogP contribution in [0.3, 0.4) is 0 Å². The van der Waals surface area contributed by atoms with E-state index in [1.807, 2.05) is 12.4 Å². The second kappa shape index (κ2) is 21.7. The SMILES string of the molecule is CC(C)(C)c1cc(C[P+](c2ccccc2)(c2ccccc2)c2ccccc2)cc(C=N[C@H]2CCCC[C@@H]2N=Cc2cc(C[P+](c3ccccc3)(c3ccccc3)c3ccccc3)cc(C(C)(C)C)c2O)c1O. The van der Waals surface area contributed by atoms with Crippen LogP contribution < -0.4 is 31.8 Å². The molecule has 2 N–H and O–H groups in total. The van der Waals surface area contributed by atoms with Crippen LogP contribution in [0.25, 0.3) is 0 Å². The summed E-state index contributed by atoms with van der Waals surface area (Å²) in [4.78, 5) is 10.7. The highest BCUT2D eigenvalue weighted by atomic mass is 31.2. The van der Waals surface area contributed by atoms with Gasteiger partial charge in [-0.05, 0) is 132 Å². The van der Waals surface area contributed by atoms with Crippen LogP contribution in [0.5, 0.6) is 11.5 Å². The van der Waals surface area contributed by atoms with Crippen LogP contribution in [0.1, 0.15) is 101 Å². The van der Waals surface area contributed by atoms with Crippen LogP contribution in [0, 0.1) is 0 Å². The molecule has 2 atom stereocenters. The van der Waals surface area contributed by atoms with Gasteiger partial charge in [-0.25, -0.2) is 0 Å². The highest BCUT2D eigenvalue weighted by Crippen LogP contribution is 2.60. The van der Waals surface area contributed by atoms with Crippen molar-refractivity contribution >= 4 is 58.8 Å². The van der Waals surface area contributed by atoms with Crippen molar-refractivity contribution in [1.82, 2.24) is 0 Å². The molecule has 1 aliphatic carbocycles. The van der Waals surface area contributed by atoms with E-state index in [-0.39, 0.29) is 34.4 Å². The smallest absolute Gasteiger partial charge is 0.128 e. The van der Waals surface area contributed by atoms with Crippen molar-refractivity contribution in [3.05, 3.63) is 240 Å². The van der Waals surface area contributed by atoms with Gasteiger partial charge < -0.3 is 10.2 Å². The van der Waals surface area contributed by atoms with Gasteiger partial charge >= 0.3 is 0 Å². The molecule has 4 nitrogen and oxygen atoms in total. The Hall–Kier alpha value is -6.44. The monoisotopic (exact) mass is 984 g/mol. The molecule has 0 heterocycles. The van der Waals surface area contributed by atoms with Crippen molar-refractivity contribution in [2.24, 2.45) is 9.98 Å². The Morgan fingerprint density at radius 3 is 0.889 bits per heavy atom. The molecule has 1 fully saturated rings. The molecular weight excluding hydrogens is 915 g/mol. The summed E-state index contributed by atoms with van der Waals surface area (Å²) in [5.74, 6) is 0.566. The van der Waals surface area contributed by atoms with Crippen molar-refractivity contribution in [1.29, 1.82) is 0 Å². The van der Waals surface area contributed by atoms with Crippen LogP contribution in [0.4, 0.5) is 0 Å². The molecule has 364 valence electrons. The Bertz CT molecular complexity index is 2700. The Labute approximate surface area is 430 Å². The van der Waals surface area contributed by atoms with Gasteiger partial charge in [0.2, 0.25) is 0 Å². The predicted molar refractivity (Wildman–Crippen MR) is 313 cm³/mol. The summed E-state index contributed by atoms with van der Waals surface area (Å²) in [6.07, 6.45) is 9.34. The number of hydrogen-bond acceptors (Lipinski definition) is 4. The fourth-order valence-corrected chi connectivity index (χ4v) is 19.3. The third kappa shape index (κ3) is 10.7. The molecule has 0 bridgehead atoms. The number of aliphatic imine (C=N–C) groups is 2. The lowest BCUT2D eigenvalue weighted by Gasteiger charge is -2.29. The van der Waals surface area contributed by atoms with Gasteiger partial charge in [-0.3, -0.25) is 9.98 Å². The Morgan fingerprint density at radius 1 is 0.403 bits per heavy atom. The molecular formula is C66H70N2O2P2+2. The minimum Gasteiger partial charge on any atom is -0.507 e. The zero-order chi connectivity index (χ0) is 50.4. The minimum absolute atomic E-state index is 0.0825. The average Bonchev–Trinajstić information content (AvgIpc) is 3.40. The van der Waals surface area contributed by atoms with Crippen LogP contribution in [-0.4, -0.2) is 34.7 Å². The Kier molecular flexibility index (Phi) is 15.2. The summed E-state index contributed by atoms with van der Waals surface area (Å²) in [5, 5.41) is 32.2. The number of phenols is 2. The Balaban J connectivity index is 1.09. The molecule has 9 rings (SSSR count). The third-order valence-corrected chi connectivity index (χ3v) is 23.3. The number of rotatable bonds is 14. The highest BCUT2D eigenvalue weighted by molar-refractivity contribution is 7.95. The fourth-order valence-electron chi connectivity index (χ4n) is 10.8. The first-order valence-electron chi connectivity index (χ1n) is 25.7. The van der Waals surface area contributed by atoms with E-state index in [2.05, 4.69) is 248 Å². The van der Waals surface area contributed by atoms with Crippen LogP contribution in [0.2, 0.25) is 0 Å². The molecule has 0 radical (unpaired) electrons. The second-order valence-electron chi connectivity index (χ2n) is 21.6. The van der Waals surface area contributed by atoms with Crippen molar-refractivity contribution in [3.63, 3.8) is 0 Å². The van der Waals surface area contributed by atoms with E-state index in [9.17, 15) is 10.2 Å². The zero-order valence-electron chi connectivity index (χ0n) is 42.9. The van der Waals surface area contributed by atoms with Crippen molar-refractivity contribution < 1.29 is 10.2 Å². The Morgan fingerprint density at radius 2 is 0.653 bits per heavy atom. The lowest BCUT2D eigenvalue weighted by atomic mass is 9.84. The topological polar surface area (TPSA) is 65.2 Å². The highest BCUT2D eigenvalue weighted by Gasteiger charge is 2.47. The summed E-state index contributed by atoms with van der Waals surface area (Å²) >= 11 is 0. The maximum absolute atomic E-state index is 12.2. The largest absolute Gasteiger partial charge is 0.507 e. The van der Waals surface area contributed by atoms with Gasteiger partial charge in [0.25, 0.3) is 0 Å². The molecule has 8 aromatic carbocycles. The first-order chi connectivity index (χ1) is 34.8. The summed E-state index contributed by atoms with van der Waals surface area (Å²) in [5.41, 5.74) is 5.00. The molecule has 0 aliphatic heterocycles. The number of benzene rings is 8. The molecule has 0 amide bonds. The average molecular weight is 985 g/mol. The van der Waals surface area contributed by atoms with E-state index in [1.165, 1.54) is 43.0 Å². The van der Waals surface area contributed by atoms with Gasteiger partial charge in [0, 0.05) is 34.7 Å². The number of nitrogens with zero attached hydrogens (tertiary/aromatic N) is 2. The standard InChI is InChI=1S/C66H68N2O2P2/c1-65(2,3)59-43-49(47-71(53-27-13-7-14-28-53,54-29-15-8-16-30-54)55-31-17-9-18-32-55)41-51(63(59)69)45-67-61-39-25-26-40-62(61)68-46-52-42-50(44-60(64(52)70)66(4,5)6)48-72(56-33-19-10-20-34-56,57-35-21-11-22-36-57)58-37-23-12-24-38-58/h7-24,27-38,41-46,61-62H,25-26,39-40,47-48H2,1-6H3/p+2/t61-,62-/m0/s1. The molecule has 0 unspecified atom stereocenters. The van der Waals surface area contributed by atoms with Crippen LogP contribution in [0.15, 0.2) is 216 Å². The number of hydrogen-bond donors (Lipinski definition) is 2. The number of phenolic OH excluding ortho intramolecular Hbond substituents is 2. The van der Waals surface area contributed by atoms with Gasteiger partial charge in [-0.2, -0.15) is 0 Å². The van der Waals surface area contributed by atoms with E-state index in [0.717, 1.165) is 60.3 Å². The molecule has 0 saturated heterocycles. The quantitative estimate of drug-likeness (QED) is 0.0842. The van der Waals surface area contributed by atoms with E-state index in [4.69, 9.17) is 9.98 Å². The molecule has 0 spiro atoms. The lowest BCUT2D eigenvalue weighted by molar-refractivity contribution is 0.390. The maximum Gasteiger partial charge on any atom is 0.128 e. The number of aromatic hydroxyl groups is 2. The first-order valence-corrected chi connectivity index (χ1v) is 29.6. The molecule has 72 heavy (non-hydrogen) atoms. The van der Waals surface area contributed by atoms with E-state index in [0.29, 0.717) is 0 Å². The van der Waals surface area contributed by atoms with E-state index < -0.39 is 14.5 Å². The van der Waals surface area contributed by atoms with Crippen LogP contribution >= 0.6 is 14.5 Å². The third-order valence-electron chi connectivity index (χ3n) is 14.5. The maximum atomic E-state index is 12.2. The van der Waals surface area contributed by atoms with Crippen molar-refractivity contribution in [2.45, 2.75) is 102 Å². The zero-order valence-corrected chi connectivity index (χ0v) is 44.7. The lowest BCUT2D eigenvalue weighted by Crippen LogP contribution is -2.32. The van der Waals surface area contributed by atoms with Gasteiger partial charge in [-0.15, -0.1) is 0 Å². The molecule has 6 heteroatoms. The molecule has 0 aromatic heterocycles. The normalized spacial score (nSPS) is 15.8. The molecule has 1 aliphatic rings. The fraction of sp³-hybridized carbons (Fsp3) is 0.242. The van der Waals surface area contributed by atoms with Gasteiger partial charge in [0.15, 0.2) is 0 Å². The van der Waals surface area contributed by atoms with E-state index >= 15 is 0 Å². The van der Waals surface area contributed by atoms with Crippen molar-refractivity contribution in [2.75, 3.05) is 0 Å².